The lowest BCUT2D eigenvalue weighted by Crippen LogP contribution is -2.18. The van der Waals surface area contributed by atoms with Crippen LogP contribution in [0.5, 0.6) is 0 Å². The van der Waals surface area contributed by atoms with Crippen LogP contribution in [0.25, 0.3) is 22.6 Å². The molecule has 2 aromatic heterocycles. The standard InChI is InChI=1S/C12H13NO2S.C10H7N3S.C6Cl5NO2/c1-9-11(16-8-7-15-9)12(14)13-10-5-3-2-4-6-10;1-2-4-8-7(3-1)12-10(13-8)9-5-14-6-11-9;7-1-2(8)4(10)6(12(13)14)5(11)3(1)9/h2-6H,7-8H2,1H3,(H,13,14);1-6H,(H,12,13);. The summed E-state index contributed by atoms with van der Waals surface area (Å²) in [5.74, 6) is 2.29. The molecule has 1 amide bonds. The fourth-order valence-corrected chi connectivity index (χ4v) is 6.22. The van der Waals surface area contributed by atoms with Gasteiger partial charge in [-0.15, -0.1) is 23.1 Å². The number of anilines is 1. The van der Waals surface area contributed by atoms with Crippen molar-refractivity contribution in [3.8, 4) is 11.5 Å². The van der Waals surface area contributed by atoms with Crippen molar-refractivity contribution >= 4 is 109 Å². The third kappa shape index (κ3) is 8.36. The second-order valence-corrected chi connectivity index (χ2v) is 12.3. The number of thiazole rings is 1. The number of aromatic amines is 1. The normalized spacial score (nSPS) is 12.4. The highest BCUT2D eigenvalue weighted by Crippen LogP contribution is 2.47. The second-order valence-electron chi connectivity index (χ2n) is 8.55. The predicted octanol–water partition coefficient (Wildman–Crippen LogP) is 10.2. The van der Waals surface area contributed by atoms with E-state index in [9.17, 15) is 14.9 Å². The number of nitrogens with one attached hydrogen (secondary N) is 2. The van der Waals surface area contributed by atoms with E-state index in [0.29, 0.717) is 17.3 Å². The van der Waals surface area contributed by atoms with Crippen molar-refractivity contribution < 1.29 is 14.5 Å². The van der Waals surface area contributed by atoms with Gasteiger partial charge in [-0.05, 0) is 31.2 Å². The summed E-state index contributed by atoms with van der Waals surface area (Å²) in [6.45, 7) is 2.50. The number of benzene rings is 3. The van der Waals surface area contributed by atoms with Gasteiger partial charge in [0, 0.05) is 16.8 Å². The van der Waals surface area contributed by atoms with Crippen LogP contribution >= 0.6 is 81.1 Å². The summed E-state index contributed by atoms with van der Waals surface area (Å²) in [4.78, 5) is 34.2. The molecule has 0 aliphatic carbocycles. The summed E-state index contributed by atoms with van der Waals surface area (Å²) in [6, 6.07) is 17.4. The van der Waals surface area contributed by atoms with Gasteiger partial charge in [0.05, 0.1) is 43.1 Å². The highest BCUT2D eigenvalue weighted by atomic mass is 35.5. The maximum atomic E-state index is 11.9. The Balaban J connectivity index is 0.000000151. The van der Waals surface area contributed by atoms with E-state index in [1.165, 1.54) is 0 Å². The number of imidazole rings is 1. The molecule has 6 rings (SSSR count). The molecule has 0 radical (unpaired) electrons. The number of carbonyl (C=O) groups is 1. The van der Waals surface area contributed by atoms with Gasteiger partial charge in [-0.3, -0.25) is 14.9 Å². The van der Waals surface area contributed by atoms with E-state index in [0.717, 1.165) is 34.0 Å². The number of hydrogen-bond acceptors (Lipinski definition) is 8. The van der Waals surface area contributed by atoms with Gasteiger partial charge >= 0.3 is 5.69 Å². The van der Waals surface area contributed by atoms with Gasteiger partial charge in [0.1, 0.15) is 26.4 Å². The monoisotopic (exact) mass is 729 g/mol. The van der Waals surface area contributed by atoms with Crippen molar-refractivity contribution in [2.24, 2.45) is 0 Å². The number of amides is 1. The van der Waals surface area contributed by atoms with E-state index in [2.05, 4.69) is 20.3 Å². The zero-order valence-electron chi connectivity index (χ0n) is 22.4. The zero-order chi connectivity index (χ0) is 31.8. The van der Waals surface area contributed by atoms with E-state index in [1.807, 2.05) is 72.4 Å². The number of hydrogen-bond donors (Lipinski definition) is 2. The van der Waals surface area contributed by atoms with Crippen molar-refractivity contribution in [2.75, 3.05) is 17.7 Å². The molecular formula is C28H20Cl5N5O4S2. The van der Waals surface area contributed by atoms with Crippen LogP contribution in [0, 0.1) is 10.1 Å². The topological polar surface area (TPSA) is 123 Å². The molecule has 0 atom stereocenters. The Bertz CT molecular complexity index is 1760. The first kappa shape index (κ1) is 33.9. The number of para-hydroxylation sites is 3. The van der Waals surface area contributed by atoms with Crippen LogP contribution in [0.2, 0.25) is 25.1 Å². The smallest absolute Gasteiger partial charge is 0.309 e. The van der Waals surface area contributed by atoms with Gasteiger partial charge in [-0.2, -0.15) is 0 Å². The Morgan fingerprint density at radius 1 is 0.977 bits per heavy atom. The molecule has 228 valence electrons. The minimum absolute atomic E-state index is 0.0894. The van der Waals surface area contributed by atoms with Crippen LogP contribution in [-0.4, -0.2) is 38.1 Å². The van der Waals surface area contributed by atoms with Crippen LogP contribution in [0.15, 0.2) is 76.2 Å². The Labute approximate surface area is 284 Å². The van der Waals surface area contributed by atoms with Crippen molar-refractivity contribution in [2.45, 2.75) is 6.92 Å². The Kier molecular flexibility index (Phi) is 12.2. The van der Waals surface area contributed by atoms with E-state index >= 15 is 0 Å². The summed E-state index contributed by atoms with van der Waals surface area (Å²) < 4.78 is 5.35. The number of thioether (sulfide) groups is 1. The number of nitrogens with zero attached hydrogens (tertiary/aromatic N) is 3. The van der Waals surface area contributed by atoms with Crippen LogP contribution < -0.4 is 5.32 Å². The molecule has 0 unspecified atom stereocenters. The first-order valence-electron chi connectivity index (χ1n) is 12.4. The van der Waals surface area contributed by atoms with Crippen molar-refractivity contribution in [3.05, 3.63) is 111 Å². The number of aromatic nitrogens is 3. The van der Waals surface area contributed by atoms with Crippen LogP contribution in [0.1, 0.15) is 6.92 Å². The number of ether oxygens (including phenoxy) is 1. The minimum atomic E-state index is -0.779. The Hall–Kier alpha value is -3.03. The van der Waals surface area contributed by atoms with Gasteiger partial charge in [0.15, 0.2) is 5.82 Å². The molecular weight excluding hydrogens is 712 g/mol. The molecule has 3 aromatic carbocycles. The average molecular weight is 732 g/mol. The van der Waals surface area contributed by atoms with E-state index in [-0.39, 0.29) is 31.0 Å². The number of H-pyrrole nitrogens is 1. The van der Waals surface area contributed by atoms with E-state index in [1.54, 1.807) is 23.1 Å². The van der Waals surface area contributed by atoms with Crippen LogP contribution in [0.4, 0.5) is 11.4 Å². The van der Waals surface area contributed by atoms with E-state index in [4.69, 9.17) is 62.7 Å². The molecule has 0 saturated heterocycles. The first-order valence-corrected chi connectivity index (χ1v) is 16.2. The number of fused-ring (bicyclic) bond motifs is 1. The highest BCUT2D eigenvalue weighted by molar-refractivity contribution is 8.04. The molecule has 5 aromatic rings. The molecule has 3 heterocycles. The first-order chi connectivity index (χ1) is 21.1. The zero-order valence-corrected chi connectivity index (χ0v) is 27.9. The maximum absolute atomic E-state index is 11.9. The molecule has 1 aliphatic heterocycles. The lowest BCUT2D eigenvalue weighted by Gasteiger charge is -2.17. The largest absolute Gasteiger partial charge is 0.496 e. The van der Waals surface area contributed by atoms with Gasteiger partial charge < -0.3 is 15.0 Å². The third-order valence-corrected chi connectivity index (χ3v) is 9.62. The Morgan fingerprint density at radius 2 is 1.61 bits per heavy atom. The fraction of sp³-hybridized carbons (Fsp3) is 0.107. The van der Waals surface area contributed by atoms with Crippen molar-refractivity contribution in [1.82, 2.24) is 15.0 Å². The highest BCUT2D eigenvalue weighted by Gasteiger charge is 2.27. The van der Waals surface area contributed by atoms with Gasteiger partial charge in [0.2, 0.25) is 0 Å². The summed E-state index contributed by atoms with van der Waals surface area (Å²) >= 11 is 31.0. The van der Waals surface area contributed by atoms with Crippen LogP contribution in [0.3, 0.4) is 0 Å². The summed E-state index contributed by atoms with van der Waals surface area (Å²) in [5.41, 5.74) is 5.01. The number of nitro benzene ring substituents is 1. The lowest BCUT2D eigenvalue weighted by atomic mass is 10.3. The molecule has 1 aliphatic rings. The molecule has 44 heavy (non-hydrogen) atoms. The third-order valence-electron chi connectivity index (χ3n) is 5.64. The molecule has 0 bridgehead atoms. The quantitative estimate of drug-likeness (QED) is 0.0816. The molecule has 9 nitrogen and oxygen atoms in total. The number of allylic oxidation sites excluding steroid dienone is 1. The Morgan fingerprint density at radius 3 is 2.20 bits per heavy atom. The molecule has 16 heteroatoms. The van der Waals surface area contributed by atoms with E-state index < -0.39 is 10.6 Å². The second kappa shape index (κ2) is 15.8. The molecule has 0 spiro atoms. The number of rotatable bonds is 4. The van der Waals surface area contributed by atoms with Crippen molar-refractivity contribution in [1.29, 1.82) is 0 Å². The van der Waals surface area contributed by atoms with Gasteiger partial charge in [-0.25, -0.2) is 9.97 Å². The molecule has 2 N–H and O–H groups in total. The van der Waals surface area contributed by atoms with Gasteiger partial charge in [0.25, 0.3) is 5.91 Å². The number of nitro groups is 1. The predicted molar refractivity (Wildman–Crippen MR) is 182 cm³/mol. The summed E-state index contributed by atoms with van der Waals surface area (Å²) in [5, 5.41) is 14.2. The fourth-order valence-electron chi connectivity index (χ4n) is 3.60. The lowest BCUT2D eigenvalue weighted by molar-refractivity contribution is -0.384. The number of carbonyl (C=O) groups excluding carboxylic acids is 1. The van der Waals surface area contributed by atoms with Crippen molar-refractivity contribution in [3.63, 3.8) is 0 Å². The van der Waals surface area contributed by atoms with Crippen LogP contribution in [-0.2, 0) is 9.53 Å². The molecule has 0 saturated carbocycles. The SMILES string of the molecule is CC1=C(C(=O)Nc2ccccc2)SCCO1.O=[N+]([O-])c1c(Cl)c(Cl)c(Cl)c(Cl)c1Cl.c1ccc2[nH]c(-c3cscn3)nc2c1. The summed E-state index contributed by atoms with van der Waals surface area (Å²) in [7, 11) is 0. The minimum Gasteiger partial charge on any atom is -0.496 e. The molecule has 0 fully saturated rings. The average Bonchev–Trinajstić information content (AvgIpc) is 3.71. The maximum Gasteiger partial charge on any atom is 0.309 e. The summed E-state index contributed by atoms with van der Waals surface area (Å²) in [6.07, 6.45) is 0. The number of halogens is 5. The van der Waals surface area contributed by atoms with Gasteiger partial charge in [-0.1, -0.05) is 88.3 Å².